The Morgan fingerprint density at radius 1 is 1.38 bits per heavy atom. The predicted octanol–water partition coefficient (Wildman–Crippen LogP) is 3.02. The highest BCUT2D eigenvalue weighted by Gasteiger charge is 2.34. The van der Waals surface area contributed by atoms with Crippen molar-refractivity contribution >= 4 is 23.2 Å². The summed E-state index contributed by atoms with van der Waals surface area (Å²) in [5.74, 6) is -2.76. The zero-order chi connectivity index (χ0) is 12.3. The van der Waals surface area contributed by atoms with E-state index in [1.54, 1.807) is 0 Å². The molecule has 0 radical (unpaired) electrons. The minimum Gasteiger partial charge on any atom is -0.323 e. The summed E-state index contributed by atoms with van der Waals surface area (Å²) in [5.41, 5.74) is -1.97. The standard InChI is InChI=1S/C9H6ClF4NO/c10-4-7(16)15-6-3-1-2-5(8(6)11)9(12,13)14/h1-3H,4H2,(H,15,16). The lowest BCUT2D eigenvalue weighted by molar-refractivity contribution is -0.140. The monoisotopic (exact) mass is 255 g/mol. The minimum atomic E-state index is -4.80. The van der Waals surface area contributed by atoms with Gasteiger partial charge in [0.25, 0.3) is 0 Å². The van der Waals surface area contributed by atoms with Crippen LogP contribution in [0.5, 0.6) is 0 Å². The van der Waals surface area contributed by atoms with Gasteiger partial charge in [0.1, 0.15) is 5.88 Å². The lowest BCUT2D eigenvalue weighted by Crippen LogP contribution is -2.16. The highest BCUT2D eigenvalue weighted by molar-refractivity contribution is 6.29. The van der Waals surface area contributed by atoms with E-state index in [2.05, 4.69) is 0 Å². The Kier molecular flexibility index (Phi) is 3.74. The molecule has 1 aromatic rings. The Labute approximate surface area is 93.2 Å². The summed E-state index contributed by atoms with van der Waals surface area (Å²) in [4.78, 5) is 10.8. The van der Waals surface area contributed by atoms with E-state index in [0.717, 1.165) is 12.1 Å². The number of nitrogens with one attached hydrogen (secondary N) is 1. The summed E-state index contributed by atoms with van der Waals surface area (Å²) < 4.78 is 50.1. The number of carbonyl (C=O) groups is 1. The Hall–Kier alpha value is -1.30. The van der Waals surface area contributed by atoms with Gasteiger partial charge in [-0.1, -0.05) is 6.07 Å². The van der Waals surface area contributed by atoms with Crippen molar-refractivity contribution in [2.45, 2.75) is 6.18 Å². The van der Waals surface area contributed by atoms with Crippen molar-refractivity contribution in [3.8, 4) is 0 Å². The second-order valence-electron chi connectivity index (χ2n) is 2.85. The van der Waals surface area contributed by atoms with Gasteiger partial charge in [-0.15, -0.1) is 11.6 Å². The predicted molar refractivity (Wildman–Crippen MR) is 50.8 cm³/mol. The van der Waals surface area contributed by atoms with E-state index in [4.69, 9.17) is 11.6 Å². The number of rotatable bonds is 2. The average molecular weight is 256 g/mol. The number of carbonyl (C=O) groups excluding carboxylic acids is 1. The lowest BCUT2D eigenvalue weighted by atomic mass is 10.1. The topological polar surface area (TPSA) is 29.1 Å². The molecule has 0 aliphatic heterocycles. The van der Waals surface area contributed by atoms with Crippen molar-refractivity contribution in [1.29, 1.82) is 0 Å². The van der Waals surface area contributed by atoms with Crippen LogP contribution in [-0.4, -0.2) is 11.8 Å². The Balaban J connectivity index is 3.09. The van der Waals surface area contributed by atoms with Gasteiger partial charge in [-0.25, -0.2) is 4.39 Å². The van der Waals surface area contributed by atoms with Crippen LogP contribution in [0.2, 0.25) is 0 Å². The molecule has 0 heterocycles. The first-order valence-corrected chi connectivity index (χ1v) is 4.61. The normalized spacial score (nSPS) is 11.3. The smallest absolute Gasteiger partial charge is 0.323 e. The maximum absolute atomic E-state index is 13.3. The van der Waals surface area contributed by atoms with Crippen molar-refractivity contribution in [3.63, 3.8) is 0 Å². The number of hydrogen-bond acceptors (Lipinski definition) is 1. The van der Waals surface area contributed by atoms with Gasteiger partial charge in [-0.05, 0) is 12.1 Å². The molecule has 1 amide bonds. The van der Waals surface area contributed by atoms with Crippen molar-refractivity contribution < 1.29 is 22.4 Å². The van der Waals surface area contributed by atoms with E-state index in [9.17, 15) is 22.4 Å². The molecule has 88 valence electrons. The van der Waals surface area contributed by atoms with Crippen LogP contribution in [0.15, 0.2) is 18.2 Å². The second-order valence-corrected chi connectivity index (χ2v) is 3.11. The molecule has 1 N–H and O–H groups in total. The van der Waals surface area contributed by atoms with Gasteiger partial charge >= 0.3 is 6.18 Å². The molecule has 1 rings (SSSR count). The van der Waals surface area contributed by atoms with Crippen LogP contribution in [0.25, 0.3) is 0 Å². The van der Waals surface area contributed by atoms with Crippen molar-refractivity contribution in [2.75, 3.05) is 11.2 Å². The highest BCUT2D eigenvalue weighted by Crippen LogP contribution is 2.33. The van der Waals surface area contributed by atoms with Crippen molar-refractivity contribution in [3.05, 3.63) is 29.6 Å². The average Bonchev–Trinajstić information content (AvgIpc) is 2.19. The summed E-state index contributed by atoms with van der Waals surface area (Å²) in [6.07, 6.45) is -4.80. The zero-order valence-corrected chi connectivity index (χ0v) is 8.49. The van der Waals surface area contributed by atoms with Crippen LogP contribution < -0.4 is 5.32 Å². The maximum atomic E-state index is 13.3. The molecule has 0 aliphatic rings. The molecule has 0 bridgehead atoms. The van der Waals surface area contributed by atoms with E-state index in [0.29, 0.717) is 6.07 Å². The van der Waals surface area contributed by atoms with E-state index < -0.39 is 35.0 Å². The van der Waals surface area contributed by atoms with Gasteiger partial charge in [0, 0.05) is 0 Å². The molecule has 0 aromatic heterocycles. The first kappa shape index (κ1) is 12.8. The fourth-order valence-corrected chi connectivity index (χ4v) is 1.10. The first-order chi connectivity index (χ1) is 7.36. The molecule has 0 aliphatic carbocycles. The Morgan fingerprint density at radius 3 is 2.50 bits per heavy atom. The van der Waals surface area contributed by atoms with Gasteiger partial charge in [-0.3, -0.25) is 4.79 Å². The van der Waals surface area contributed by atoms with Crippen LogP contribution in [0.4, 0.5) is 23.2 Å². The number of benzene rings is 1. The highest BCUT2D eigenvalue weighted by atomic mass is 35.5. The van der Waals surface area contributed by atoms with Gasteiger partial charge < -0.3 is 5.32 Å². The molecule has 0 atom stereocenters. The summed E-state index contributed by atoms with van der Waals surface area (Å²) >= 11 is 5.13. The maximum Gasteiger partial charge on any atom is 0.419 e. The minimum absolute atomic E-state index is 0.463. The Morgan fingerprint density at radius 2 is 2.00 bits per heavy atom. The third-order valence-corrected chi connectivity index (χ3v) is 1.94. The van der Waals surface area contributed by atoms with Gasteiger partial charge in [0.15, 0.2) is 5.82 Å². The number of anilines is 1. The molecule has 7 heteroatoms. The van der Waals surface area contributed by atoms with E-state index >= 15 is 0 Å². The van der Waals surface area contributed by atoms with E-state index in [-0.39, 0.29) is 0 Å². The van der Waals surface area contributed by atoms with Crippen molar-refractivity contribution in [2.24, 2.45) is 0 Å². The van der Waals surface area contributed by atoms with Gasteiger partial charge in [-0.2, -0.15) is 13.2 Å². The third-order valence-electron chi connectivity index (χ3n) is 1.70. The first-order valence-electron chi connectivity index (χ1n) is 4.07. The molecule has 2 nitrogen and oxygen atoms in total. The molecule has 0 spiro atoms. The largest absolute Gasteiger partial charge is 0.419 e. The second kappa shape index (κ2) is 4.69. The number of alkyl halides is 4. The third kappa shape index (κ3) is 2.85. The van der Waals surface area contributed by atoms with E-state index in [1.807, 2.05) is 5.32 Å². The quantitative estimate of drug-likeness (QED) is 0.639. The molecule has 0 unspecified atom stereocenters. The molecule has 16 heavy (non-hydrogen) atoms. The van der Waals surface area contributed by atoms with Crippen LogP contribution in [-0.2, 0) is 11.0 Å². The molecular weight excluding hydrogens is 250 g/mol. The number of hydrogen-bond donors (Lipinski definition) is 1. The fourth-order valence-electron chi connectivity index (χ4n) is 1.03. The number of halogens is 5. The Bertz CT molecular complexity index is 405. The molecule has 0 fully saturated rings. The molecular formula is C9H6ClF4NO. The number of amides is 1. The van der Waals surface area contributed by atoms with Crippen molar-refractivity contribution in [1.82, 2.24) is 0 Å². The molecule has 0 saturated heterocycles. The molecule has 1 aromatic carbocycles. The lowest BCUT2D eigenvalue weighted by Gasteiger charge is -2.11. The summed E-state index contributed by atoms with van der Waals surface area (Å²) in [6, 6.07) is 2.61. The SMILES string of the molecule is O=C(CCl)Nc1cccc(C(F)(F)F)c1F. The summed E-state index contributed by atoms with van der Waals surface area (Å²) in [5, 5.41) is 1.93. The summed E-state index contributed by atoms with van der Waals surface area (Å²) in [6.45, 7) is 0. The molecule has 0 saturated carbocycles. The van der Waals surface area contributed by atoms with Gasteiger partial charge in [0.2, 0.25) is 5.91 Å². The zero-order valence-electron chi connectivity index (χ0n) is 7.74. The van der Waals surface area contributed by atoms with Crippen LogP contribution in [0, 0.1) is 5.82 Å². The van der Waals surface area contributed by atoms with Crippen LogP contribution >= 0.6 is 11.6 Å². The van der Waals surface area contributed by atoms with Crippen LogP contribution in [0.3, 0.4) is 0 Å². The van der Waals surface area contributed by atoms with Crippen LogP contribution in [0.1, 0.15) is 5.56 Å². The van der Waals surface area contributed by atoms with Gasteiger partial charge in [0.05, 0.1) is 11.3 Å². The van der Waals surface area contributed by atoms with E-state index in [1.165, 1.54) is 0 Å². The fraction of sp³-hybridized carbons (Fsp3) is 0.222. The summed E-state index contributed by atoms with van der Waals surface area (Å²) in [7, 11) is 0.